The molecule has 1 aromatic heterocycles. The summed E-state index contributed by atoms with van der Waals surface area (Å²) in [5, 5.41) is 0.245. The molecule has 0 unspecified atom stereocenters. The molecule has 0 atom stereocenters. The molecule has 0 aliphatic heterocycles. The molecular weight excluding hydrogens is 468 g/mol. The molecule has 2 aromatic rings. The predicted octanol–water partition coefficient (Wildman–Crippen LogP) is 4.60. The zero-order chi connectivity index (χ0) is 15.6. The molecular formula is C12H10Cl2INO3S2. The van der Waals surface area contributed by atoms with Gasteiger partial charge in [0.05, 0.1) is 12.1 Å². The molecule has 0 radical (unpaired) electrons. The Bertz CT molecular complexity index is 712. The predicted molar refractivity (Wildman–Crippen MR) is 94.1 cm³/mol. The van der Waals surface area contributed by atoms with E-state index in [2.05, 4.69) is 0 Å². The van der Waals surface area contributed by atoms with Gasteiger partial charge in [0.25, 0.3) is 10.0 Å². The van der Waals surface area contributed by atoms with E-state index in [1.807, 2.05) is 12.1 Å². The van der Waals surface area contributed by atoms with Crippen LogP contribution in [0.4, 0.5) is 0 Å². The standard InChI is InChI=1S/C12H10Cl2INO3S2/c1-19-9-4-2-8(3-5-9)7-16(15)21(17,18)11-6-10(13)12(14)20-11/h2-6H,7H2,1H3. The molecule has 0 aliphatic carbocycles. The van der Waals surface area contributed by atoms with Crippen molar-refractivity contribution in [2.24, 2.45) is 0 Å². The summed E-state index contributed by atoms with van der Waals surface area (Å²) >= 11 is 14.3. The van der Waals surface area contributed by atoms with Crippen LogP contribution in [0, 0.1) is 0 Å². The van der Waals surface area contributed by atoms with Crippen molar-refractivity contribution in [3.63, 3.8) is 0 Å². The van der Waals surface area contributed by atoms with Crippen molar-refractivity contribution < 1.29 is 13.2 Å². The molecule has 0 fully saturated rings. The highest BCUT2D eigenvalue weighted by Gasteiger charge is 2.25. The maximum Gasteiger partial charge on any atom is 0.261 e. The first kappa shape index (κ1) is 17.3. The van der Waals surface area contributed by atoms with Crippen molar-refractivity contribution in [1.29, 1.82) is 0 Å². The van der Waals surface area contributed by atoms with Gasteiger partial charge in [-0.2, -0.15) is 0 Å². The molecule has 0 spiro atoms. The van der Waals surface area contributed by atoms with Crippen molar-refractivity contribution in [2.75, 3.05) is 7.11 Å². The van der Waals surface area contributed by atoms with E-state index in [4.69, 9.17) is 27.9 Å². The van der Waals surface area contributed by atoms with Gasteiger partial charge in [-0.1, -0.05) is 35.3 Å². The molecule has 21 heavy (non-hydrogen) atoms. The van der Waals surface area contributed by atoms with Crippen LogP contribution >= 0.6 is 57.4 Å². The lowest BCUT2D eigenvalue weighted by molar-refractivity contribution is 0.414. The van der Waals surface area contributed by atoms with Crippen LogP contribution in [0.1, 0.15) is 5.56 Å². The Morgan fingerprint density at radius 1 is 1.29 bits per heavy atom. The molecule has 1 aromatic carbocycles. The van der Waals surface area contributed by atoms with Gasteiger partial charge in [-0.05, 0) is 23.8 Å². The highest BCUT2D eigenvalue weighted by atomic mass is 127. The number of halogens is 3. The summed E-state index contributed by atoms with van der Waals surface area (Å²) in [5.74, 6) is 0.721. The highest BCUT2D eigenvalue weighted by Crippen LogP contribution is 2.36. The third kappa shape index (κ3) is 4.02. The summed E-state index contributed by atoms with van der Waals surface area (Å²) in [6.07, 6.45) is 0. The van der Waals surface area contributed by atoms with Crippen LogP contribution in [0.5, 0.6) is 5.75 Å². The number of thiophene rings is 1. The molecule has 1 heterocycles. The van der Waals surface area contributed by atoms with Crippen molar-refractivity contribution in [2.45, 2.75) is 10.8 Å². The summed E-state index contributed by atoms with van der Waals surface area (Å²) in [5.41, 5.74) is 0.850. The number of ether oxygens (including phenoxy) is 1. The number of hydrogen-bond acceptors (Lipinski definition) is 4. The van der Waals surface area contributed by atoms with Gasteiger partial charge in [-0.3, -0.25) is 0 Å². The maximum atomic E-state index is 12.4. The SMILES string of the molecule is COc1ccc(CN(I)S(=O)(=O)c2cc(Cl)c(Cl)s2)cc1. The third-order valence-corrected chi connectivity index (χ3v) is 8.32. The lowest BCUT2D eigenvalue weighted by Crippen LogP contribution is -2.20. The maximum absolute atomic E-state index is 12.4. The lowest BCUT2D eigenvalue weighted by atomic mass is 10.2. The fourth-order valence-electron chi connectivity index (χ4n) is 1.51. The average molecular weight is 478 g/mol. The first-order valence-corrected chi connectivity index (χ1v) is 9.58. The van der Waals surface area contributed by atoms with E-state index >= 15 is 0 Å². The second-order valence-corrected chi connectivity index (χ2v) is 9.96. The van der Waals surface area contributed by atoms with Gasteiger partial charge >= 0.3 is 0 Å². The van der Waals surface area contributed by atoms with Gasteiger partial charge in [0.15, 0.2) is 0 Å². The molecule has 2 rings (SSSR count). The minimum absolute atomic E-state index is 0.125. The Balaban J connectivity index is 2.19. The van der Waals surface area contributed by atoms with Crippen LogP contribution in [-0.2, 0) is 16.6 Å². The Morgan fingerprint density at radius 3 is 2.38 bits per heavy atom. The summed E-state index contributed by atoms with van der Waals surface area (Å²) in [6.45, 7) is 0.236. The quantitative estimate of drug-likeness (QED) is 0.466. The second-order valence-electron chi connectivity index (χ2n) is 3.99. The number of sulfonamides is 1. The topological polar surface area (TPSA) is 46.6 Å². The number of methoxy groups -OCH3 is 1. The minimum Gasteiger partial charge on any atom is -0.497 e. The normalized spacial score (nSPS) is 11.9. The van der Waals surface area contributed by atoms with Gasteiger partial charge in [0, 0.05) is 29.4 Å². The van der Waals surface area contributed by atoms with Crippen LogP contribution < -0.4 is 4.74 Å². The van der Waals surface area contributed by atoms with Crippen LogP contribution in [0.3, 0.4) is 0 Å². The van der Waals surface area contributed by atoms with E-state index in [1.165, 1.54) is 8.58 Å². The number of nitrogens with zero attached hydrogens (tertiary/aromatic N) is 1. The largest absolute Gasteiger partial charge is 0.497 e. The zero-order valence-corrected chi connectivity index (χ0v) is 16.0. The van der Waals surface area contributed by atoms with Gasteiger partial charge in [0.1, 0.15) is 14.3 Å². The Hall–Kier alpha value is -0.0600. The van der Waals surface area contributed by atoms with Gasteiger partial charge in [0.2, 0.25) is 0 Å². The van der Waals surface area contributed by atoms with E-state index in [-0.39, 0.29) is 20.1 Å². The Morgan fingerprint density at radius 2 is 1.90 bits per heavy atom. The van der Waals surface area contributed by atoms with E-state index < -0.39 is 10.0 Å². The molecule has 0 bridgehead atoms. The number of hydrogen-bond donors (Lipinski definition) is 0. The highest BCUT2D eigenvalue weighted by molar-refractivity contribution is 14.1. The van der Waals surface area contributed by atoms with Gasteiger partial charge in [-0.15, -0.1) is 13.9 Å². The van der Waals surface area contributed by atoms with E-state index in [0.29, 0.717) is 0 Å². The lowest BCUT2D eigenvalue weighted by Gasteiger charge is -2.14. The fourth-order valence-corrected chi connectivity index (χ4v) is 5.97. The number of rotatable bonds is 5. The Kier molecular flexibility index (Phi) is 5.77. The average Bonchev–Trinajstić information content (AvgIpc) is 2.80. The number of benzene rings is 1. The first-order chi connectivity index (χ1) is 9.84. The molecule has 9 heteroatoms. The van der Waals surface area contributed by atoms with Crippen molar-refractivity contribution >= 4 is 67.4 Å². The van der Waals surface area contributed by atoms with Gasteiger partial charge < -0.3 is 4.74 Å². The van der Waals surface area contributed by atoms with Crippen molar-refractivity contribution in [3.8, 4) is 5.75 Å². The van der Waals surface area contributed by atoms with Crippen LogP contribution in [0.2, 0.25) is 9.36 Å². The zero-order valence-electron chi connectivity index (χ0n) is 10.7. The van der Waals surface area contributed by atoms with Crippen molar-refractivity contribution in [3.05, 3.63) is 45.3 Å². The minimum atomic E-state index is -3.62. The summed E-state index contributed by atoms with van der Waals surface area (Å²) < 4.78 is 31.5. The van der Waals surface area contributed by atoms with E-state index in [0.717, 1.165) is 22.6 Å². The molecule has 4 nitrogen and oxygen atoms in total. The summed E-state index contributed by atoms with van der Waals surface area (Å²) in [7, 11) is -2.04. The molecule has 114 valence electrons. The third-order valence-electron chi connectivity index (χ3n) is 2.60. The molecule has 0 saturated heterocycles. The fraction of sp³-hybridized carbons (Fsp3) is 0.167. The monoisotopic (exact) mass is 477 g/mol. The summed E-state index contributed by atoms with van der Waals surface area (Å²) in [6, 6.07) is 8.56. The van der Waals surface area contributed by atoms with Crippen LogP contribution in [0.15, 0.2) is 34.5 Å². The van der Waals surface area contributed by atoms with E-state index in [9.17, 15) is 8.42 Å². The summed E-state index contributed by atoms with van der Waals surface area (Å²) in [4.78, 5) is 0. The van der Waals surface area contributed by atoms with E-state index in [1.54, 1.807) is 42.1 Å². The molecule has 0 saturated carbocycles. The van der Waals surface area contributed by atoms with Crippen LogP contribution in [0.25, 0.3) is 0 Å². The van der Waals surface area contributed by atoms with Crippen LogP contribution in [-0.4, -0.2) is 18.0 Å². The van der Waals surface area contributed by atoms with Gasteiger partial charge in [-0.25, -0.2) is 8.42 Å². The van der Waals surface area contributed by atoms with Crippen molar-refractivity contribution in [1.82, 2.24) is 2.52 Å². The first-order valence-electron chi connectivity index (χ1n) is 5.61. The molecule has 0 amide bonds. The Labute approximate surface area is 151 Å². The second kappa shape index (κ2) is 7.01. The molecule has 0 aliphatic rings. The smallest absolute Gasteiger partial charge is 0.261 e. The molecule has 0 N–H and O–H groups in total.